The lowest BCUT2D eigenvalue weighted by Gasteiger charge is -2.05. The number of unbranched alkanes of at least 4 members (excludes halogenated alkanes) is 7. The predicted molar refractivity (Wildman–Crippen MR) is 158 cm³/mol. The molecule has 2 N–H and O–H groups in total. The van der Waals surface area contributed by atoms with E-state index in [0.717, 1.165) is 23.0 Å². The van der Waals surface area contributed by atoms with Crippen molar-refractivity contribution in [3.8, 4) is 0 Å². The van der Waals surface area contributed by atoms with Crippen LogP contribution < -0.4 is 10.6 Å². The van der Waals surface area contributed by atoms with Gasteiger partial charge in [-0.2, -0.15) is 23.5 Å². The average molecular weight is 595 g/mol. The van der Waals surface area contributed by atoms with Crippen LogP contribution in [0, 0.1) is 13.8 Å². The van der Waals surface area contributed by atoms with Crippen LogP contribution in [0.25, 0.3) is 0 Å². The molecular weight excluding hydrogens is 552 g/mol. The van der Waals surface area contributed by atoms with Gasteiger partial charge in [-0.05, 0) is 38.2 Å². The highest BCUT2D eigenvalue weighted by Crippen LogP contribution is 2.14. The van der Waals surface area contributed by atoms with Gasteiger partial charge >= 0.3 is 0 Å². The first-order valence-corrected chi connectivity index (χ1v) is 16.3. The minimum atomic E-state index is -0.388. The van der Waals surface area contributed by atoms with Gasteiger partial charge in [0.05, 0.1) is 13.1 Å². The number of Topliss-reactive ketones (excluding diaryl/α,β-unsaturated/α-hetero) is 2. The Kier molecular flexibility index (Phi) is 17.1. The standard InChI is InChI=1S/C28H42N4O6S2/c1-21-17-25(31-37-21)27(35)29-19-23(33)11-15-39-13-9-7-5-3-4-6-8-10-14-40-16-12-24(34)20-30-28(36)26-18-22(2)38-32-26/h17-18H,3-16,19-20H2,1-2H3,(H,29,35)(H,30,36). The third-order valence-corrected chi connectivity index (χ3v) is 8.13. The van der Waals surface area contributed by atoms with E-state index in [-0.39, 0.29) is 47.9 Å². The molecule has 12 heteroatoms. The third kappa shape index (κ3) is 15.3. The highest BCUT2D eigenvalue weighted by molar-refractivity contribution is 7.99. The topological polar surface area (TPSA) is 144 Å². The van der Waals surface area contributed by atoms with Crippen molar-refractivity contribution in [3.63, 3.8) is 0 Å². The fourth-order valence-corrected chi connectivity index (χ4v) is 5.68. The molecule has 2 heterocycles. The molecule has 0 bridgehead atoms. The lowest BCUT2D eigenvalue weighted by Crippen LogP contribution is -2.29. The van der Waals surface area contributed by atoms with Crippen molar-refractivity contribution in [1.82, 2.24) is 20.9 Å². The molecule has 0 aromatic carbocycles. The maximum atomic E-state index is 11.9. The SMILES string of the molecule is Cc1cc(C(=O)NCC(=O)CCSCCCCCCCCCCSCCC(=O)CNC(=O)c2cc(C)on2)no1. The van der Waals surface area contributed by atoms with Crippen molar-refractivity contribution >= 4 is 46.9 Å². The number of nitrogens with zero attached hydrogens (tertiary/aromatic N) is 2. The molecule has 2 aromatic rings. The summed E-state index contributed by atoms with van der Waals surface area (Å²) in [5.74, 6) is 4.07. The van der Waals surface area contributed by atoms with E-state index < -0.39 is 0 Å². The van der Waals surface area contributed by atoms with E-state index in [9.17, 15) is 19.2 Å². The summed E-state index contributed by atoms with van der Waals surface area (Å²) in [4.78, 5) is 47.6. The van der Waals surface area contributed by atoms with Crippen molar-refractivity contribution < 1.29 is 28.2 Å². The molecule has 0 spiro atoms. The Morgan fingerprint density at radius 3 is 1.35 bits per heavy atom. The first-order chi connectivity index (χ1) is 19.3. The lowest BCUT2D eigenvalue weighted by atomic mass is 10.1. The molecule has 0 aliphatic heterocycles. The number of aromatic nitrogens is 2. The number of nitrogens with one attached hydrogen (secondary N) is 2. The quantitative estimate of drug-likeness (QED) is 0.170. The zero-order valence-corrected chi connectivity index (χ0v) is 25.3. The van der Waals surface area contributed by atoms with Crippen LogP contribution in [0.1, 0.15) is 96.7 Å². The highest BCUT2D eigenvalue weighted by Gasteiger charge is 2.13. The predicted octanol–water partition coefficient (Wildman–Crippen LogP) is 4.94. The fraction of sp³-hybridized carbons (Fsp3) is 0.643. The Morgan fingerprint density at radius 1 is 0.625 bits per heavy atom. The Balaban J connectivity index is 1.28. The van der Waals surface area contributed by atoms with E-state index in [1.54, 1.807) is 49.5 Å². The van der Waals surface area contributed by atoms with Crippen LogP contribution in [0.3, 0.4) is 0 Å². The van der Waals surface area contributed by atoms with E-state index in [1.165, 1.54) is 51.4 Å². The van der Waals surface area contributed by atoms with Crippen LogP contribution in [0.15, 0.2) is 21.2 Å². The first-order valence-electron chi connectivity index (χ1n) is 14.0. The molecule has 10 nitrogen and oxygen atoms in total. The largest absolute Gasteiger partial charge is 0.361 e. The smallest absolute Gasteiger partial charge is 0.273 e. The van der Waals surface area contributed by atoms with E-state index in [1.807, 2.05) is 0 Å². The number of rotatable bonds is 23. The monoisotopic (exact) mass is 594 g/mol. The highest BCUT2D eigenvalue weighted by atomic mass is 32.2. The second-order valence-electron chi connectivity index (χ2n) is 9.64. The van der Waals surface area contributed by atoms with Gasteiger partial charge in [0.25, 0.3) is 11.8 Å². The van der Waals surface area contributed by atoms with Crippen molar-refractivity contribution in [3.05, 3.63) is 35.0 Å². The first kappa shape index (κ1) is 33.6. The van der Waals surface area contributed by atoms with Gasteiger partial charge in [0.2, 0.25) is 0 Å². The number of aryl methyl sites for hydroxylation is 2. The van der Waals surface area contributed by atoms with E-state index in [2.05, 4.69) is 20.9 Å². The zero-order valence-electron chi connectivity index (χ0n) is 23.6. The van der Waals surface area contributed by atoms with Crippen molar-refractivity contribution in [2.45, 2.75) is 78.1 Å². The molecule has 0 aliphatic carbocycles. The molecule has 40 heavy (non-hydrogen) atoms. The van der Waals surface area contributed by atoms with Crippen LogP contribution in [-0.2, 0) is 9.59 Å². The van der Waals surface area contributed by atoms with Crippen LogP contribution in [-0.4, -0.2) is 69.8 Å². The van der Waals surface area contributed by atoms with Crippen LogP contribution >= 0.6 is 23.5 Å². The van der Waals surface area contributed by atoms with Gasteiger partial charge < -0.3 is 19.7 Å². The Labute approximate surface area is 244 Å². The number of thioether (sulfide) groups is 2. The molecule has 0 aliphatic rings. The van der Waals surface area contributed by atoms with Gasteiger partial charge in [0.15, 0.2) is 23.0 Å². The van der Waals surface area contributed by atoms with Crippen LogP contribution in [0.2, 0.25) is 0 Å². The second-order valence-corrected chi connectivity index (χ2v) is 12.1. The Bertz CT molecular complexity index is 973. The number of carbonyl (C=O) groups excluding carboxylic acids is 4. The number of carbonyl (C=O) groups is 4. The molecule has 2 amide bonds. The van der Waals surface area contributed by atoms with Crippen molar-refractivity contribution in [1.29, 1.82) is 0 Å². The fourth-order valence-electron chi connectivity index (χ4n) is 3.71. The Hall–Kier alpha value is -2.60. The lowest BCUT2D eigenvalue weighted by molar-refractivity contribution is -0.118. The number of hydrogen-bond acceptors (Lipinski definition) is 10. The zero-order chi connectivity index (χ0) is 29.0. The molecule has 222 valence electrons. The number of hydrogen-bond donors (Lipinski definition) is 2. The average Bonchev–Trinajstić information content (AvgIpc) is 3.58. The van der Waals surface area contributed by atoms with Crippen molar-refractivity contribution in [2.24, 2.45) is 0 Å². The normalized spacial score (nSPS) is 10.9. The second kappa shape index (κ2) is 20.3. The summed E-state index contributed by atoms with van der Waals surface area (Å²) < 4.78 is 9.72. The number of ketones is 2. The number of amides is 2. The van der Waals surface area contributed by atoms with Gasteiger partial charge in [-0.3, -0.25) is 19.2 Å². The van der Waals surface area contributed by atoms with Gasteiger partial charge in [-0.15, -0.1) is 0 Å². The summed E-state index contributed by atoms with van der Waals surface area (Å²) in [6.45, 7) is 3.47. The van der Waals surface area contributed by atoms with Crippen LogP contribution in [0.5, 0.6) is 0 Å². The van der Waals surface area contributed by atoms with E-state index in [4.69, 9.17) is 9.05 Å². The van der Waals surface area contributed by atoms with E-state index in [0.29, 0.717) is 24.4 Å². The molecule has 0 saturated heterocycles. The minimum absolute atomic E-state index is 0.0215. The maximum Gasteiger partial charge on any atom is 0.273 e. The van der Waals surface area contributed by atoms with Crippen LogP contribution in [0.4, 0.5) is 0 Å². The molecule has 0 saturated carbocycles. The summed E-state index contributed by atoms with van der Waals surface area (Å²) in [7, 11) is 0. The Morgan fingerprint density at radius 2 is 1.00 bits per heavy atom. The molecule has 0 fully saturated rings. The maximum absolute atomic E-state index is 11.9. The van der Waals surface area contributed by atoms with E-state index >= 15 is 0 Å². The molecule has 2 rings (SSSR count). The van der Waals surface area contributed by atoms with Gasteiger partial charge in [0, 0.05) is 36.5 Å². The van der Waals surface area contributed by atoms with Gasteiger partial charge in [-0.25, -0.2) is 0 Å². The summed E-state index contributed by atoms with van der Waals surface area (Å²) in [5, 5.41) is 12.4. The summed E-state index contributed by atoms with van der Waals surface area (Å²) >= 11 is 3.59. The van der Waals surface area contributed by atoms with Gasteiger partial charge in [0.1, 0.15) is 11.5 Å². The molecule has 0 atom stereocenters. The minimum Gasteiger partial charge on any atom is -0.361 e. The third-order valence-electron chi connectivity index (χ3n) is 5.99. The molecular formula is C28H42N4O6S2. The summed E-state index contributed by atoms with van der Waals surface area (Å²) in [6, 6.07) is 3.08. The molecule has 2 aromatic heterocycles. The molecule has 0 unspecified atom stereocenters. The summed E-state index contributed by atoms with van der Waals surface area (Å²) in [5.41, 5.74) is 0.390. The van der Waals surface area contributed by atoms with Crippen molar-refractivity contribution in [2.75, 3.05) is 36.1 Å². The molecule has 0 radical (unpaired) electrons. The summed E-state index contributed by atoms with van der Waals surface area (Å²) in [6.07, 6.45) is 10.7. The van der Waals surface area contributed by atoms with Gasteiger partial charge in [-0.1, -0.05) is 48.8 Å².